The summed E-state index contributed by atoms with van der Waals surface area (Å²) in [6, 6.07) is 20.6. The van der Waals surface area contributed by atoms with E-state index in [0.717, 1.165) is 33.2 Å². The first-order valence-corrected chi connectivity index (χ1v) is 12.2. The Labute approximate surface area is 202 Å². The zero-order chi connectivity index (χ0) is 23.1. The first kappa shape index (κ1) is 21.2. The van der Waals surface area contributed by atoms with Gasteiger partial charge in [-0.05, 0) is 29.3 Å². The molecule has 0 radical (unpaired) electrons. The summed E-state index contributed by atoms with van der Waals surface area (Å²) in [7, 11) is 1.69. The zero-order valence-electron chi connectivity index (χ0n) is 18.6. The minimum absolute atomic E-state index is 0.0310. The molecule has 8 heteroatoms. The van der Waals surface area contributed by atoms with Gasteiger partial charge in [0.2, 0.25) is 0 Å². The third-order valence-corrected chi connectivity index (χ3v) is 7.66. The number of nitrogens with one attached hydrogen (secondary N) is 2. The van der Waals surface area contributed by atoms with Crippen molar-refractivity contribution in [2.45, 2.75) is 29.0 Å². The highest BCUT2D eigenvalue weighted by molar-refractivity contribution is 7.98. The van der Waals surface area contributed by atoms with E-state index in [2.05, 4.69) is 46.2 Å². The summed E-state index contributed by atoms with van der Waals surface area (Å²) in [6.45, 7) is 0. The molecular formula is C26H25N5O2S. The number of methoxy groups -OCH3 is 1. The summed E-state index contributed by atoms with van der Waals surface area (Å²) in [5.41, 5.74) is 18.5. The number of benzene rings is 2. The maximum atomic E-state index is 6.54. The first-order valence-electron chi connectivity index (χ1n) is 11.2. The molecule has 0 amide bonds. The molecule has 4 atom stereocenters. The lowest BCUT2D eigenvalue weighted by molar-refractivity contribution is 0.0593. The van der Waals surface area contributed by atoms with E-state index in [0.29, 0.717) is 11.6 Å². The highest BCUT2D eigenvalue weighted by Gasteiger charge is 2.49. The van der Waals surface area contributed by atoms with Crippen LogP contribution in [0.3, 0.4) is 0 Å². The SMILES string of the molecule is COc1ccc2c(c1CSc1ccccn1)N=C(N)C1=COC3NNC(c4ccccc4)C3C12. The molecule has 34 heavy (non-hydrogen) atoms. The van der Waals surface area contributed by atoms with E-state index in [9.17, 15) is 0 Å². The second-order valence-corrected chi connectivity index (χ2v) is 9.50. The van der Waals surface area contributed by atoms with Crippen molar-refractivity contribution in [1.29, 1.82) is 0 Å². The molecule has 1 fully saturated rings. The van der Waals surface area contributed by atoms with Gasteiger partial charge < -0.3 is 15.2 Å². The van der Waals surface area contributed by atoms with Crippen LogP contribution in [-0.2, 0) is 10.5 Å². The van der Waals surface area contributed by atoms with Crippen LogP contribution in [-0.4, -0.2) is 24.2 Å². The van der Waals surface area contributed by atoms with Gasteiger partial charge in [0, 0.05) is 34.9 Å². The van der Waals surface area contributed by atoms with E-state index < -0.39 is 0 Å². The molecular weight excluding hydrogens is 446 g/mol. The topological polar surface area (TPSA) is 93.8 Å². The van der Waals surface area contributed by atoms with Gasteiger partial charge in [-0.25, -0.2) is 20.8 Å². The quantitative estimate of drug-likeness (QED) is 0.481. The number of nitrogens with two attached hydrogens (primary N) is 1. The Hall–Kier alpha value is -3.33. The number of hydrogen-bond donors (Lipinski definition) is 3. The summed E-state index contributed by atoms with van der Waals surface area (Å²) >= 11 is 1.66. The highest BCUT2D eigenvalue weighted by Crippen LogP contribution is 2.53. The number of pyridine rings is 1. The molecule has 2 aromatic carbocycles. The molecule has 0 saturated carbocycles. The Kier molecular flexibility index (Phi) is 5.49. The van der Waals surface area contributed by atoms with E-state index in [1.165, 1.54) is 5.56 Å². The van der Waals surface area contributed by atoms with Crippen LogP contribution in [0.5, 0.6) is 5.75 Å². The van der Waals surface area contributed by atoms with Crippen molar-refractivity contribution in [3.8, 4) is 5.75 Å². The Bertz CT molecular complexity index is 1260. The number of amidine groups is 1. The van der Waals surface area contributed by atoms with Crippen LogP contribution in [0.2, 0.25) is 0 Å². The summed E-state index contributed by atoms with van der Waals surface area (Å²) in [6.07, 6.45) is 3.40. The molecule has 7 nitrogen and oxygen atoms in total. The summed E-state index contributed by atoms with van der Waals surface area (Å²) in [5.74, 6) is 2.10. The average Bonchev–Trinajstić information content (AvgIpc) is 3.33. The number of aromatic nitrogens is 1. The van der Waals surface area contributed by atoms with Crippen LogP contribution < -0.4 is 21.3 Å². The molecule has 3 aliphatic rings. The summed E-state index contributed by atoms with van der Waals surface area (Å²) in [4.78, 5) is 9.30. The molecule has 4 heterocycles. The minimum Gasteiger partial charge on any atom is -0.496 e. The average molecular weight is 472 g/mol. The number of nitrogens with zero attached hydrogens (tertiary/aromatic N) is 2. The van der Waals surface area contributed by atoms with Gasteiger partial charge in [-0.3, -0.25) is 0 Å². The molecule has 172 valence electrons. The molecule has 1 aromatic heterocycles. The van der Waals surface area contributed by atoms with Crippen molar-refractivity contribution >= 4 is 23.3 Å². The van der Waals surface area contributed by atoms with Gasteiger partial charge in [0.05, 0.1) is 30.1 Å². The lowest BCUT2D eigenvalue weighted by Crippen LogP contribution is -2.41. The van der Waals surface area contributed by atoms with Crippen molar-refractivity contribution < 1.29 is 9.47 Å². The van der Waals surface area contributed by atoms with Gasteiger partial charge in [-0.1, -0.05) is 42.5 Å². The maximum Gasteiger partial charge on any atom is 0.167 e. The van der Waals surface area contributed by atoms with Gasteiger partial charge in [0.25, 0.3) is 0 Å². The molecule has 3 aliphatic heterocycles. The van der Waals surface area contributed by atoms with Crippen LogP contribution in [0.1, 0.15) is 28.7 Å². The van der Waals surface area contributed by atoms with Crippen molar-refractivity contribution in [2.24, 2.45) is 16.6 Å². The molecule has 1 saturated heterocycles. The van der Waals surface area contributed by atoms with E-state index >= 15 is 0 Å². The van der Waals surface area contributed by atoms with Crippen LogP contribution in [0, 0.1) is 5.92 Å². The Balaban J connectivity index is 1.44. The van der Waals surface area contributed by atoms with E-state index in [4.69, 9.17) is 20.2 Å². The largest absolute Gasteiger partial charge is 0.496 e. The third kappa shape index (κ3) is 3.55. The fourth-order valence-electron chi connectivity index (χ4n) is 5.13. The van der Waals surface area contributed by atoms with Crippen molar-refractivity contribution in [3.05, 3.63) is 95.4 Å². The number of ether oxygens (including phenoxy) is 2. The fraction of sp³-hybridized carbons (Fsp3) is 0.231. The Morgan fingerprint density at radius 1 is 1.06 bits per heavy atom. The number of thioether (sulfide) groups is 1. The smallest absolute Gasteiger partial charge is 0.167 e. The van der Waals surface area contributed by atoms with Gasteiger partial charge in [-0.15, -0.1) is 11.8 Å². The van der Waals surface area contributed by atoms with Crippen molar-refractivity contribution in [2.75, 3.05) is 7.11 Å². The Morgan fingerprint density at radius 3 is 2.71 bits per heavy atom. The van der Waals surface area contributed by atoms with Crippen LogP contribution in [0.4, 0.5) is 5.69 Å². The van der Waals surface area contributed by atoms with Crippen LogP contribution in [0.25, 0.3) is 0 Å². The minimum atomic E-state index is -0.175. The molecule has 4 unspecified atom stereocenters. The molecule has 6 rings (SSSR count). The van der Waals surface area contributed by atoms with Crippen molar-refractivity contribution in [3.63, 3.8) is 0 Å². The third-order valence-electron chi connectivity index (χ3n) is 6.69. The molecule has 3 aromatic rings. The first-order chi connectivity index (χ1) is 16.7. The summed E-state index contributed by atoms with van der Waals surface area (Å²) in [5, 5.41) is 0.954. The second kappa shape index (κ2) is 8.79. The molecule has 0 bridgehead atoms. The van der Waals surface area contributed by atoms with Crippen molar-refractivity contribution in [1.82, 2.24) is 15.8 Å². The van der Waals surface area contributed by atoms with Gasteiger partial charge in [-0.2, -0.15) is 0 Å². The van der Waals surface area contributed by atoms with Gasteiger partial charge >= 0.3 is 0 Å². The fourth-order valence-corrected chi connectivity index (χ4v) is 6.01. The number of rotatable bonds is 5. The number of aliphatic imine (C=N–C) groups is 1. The number of hydrogen-bond acceptors (Lipinski definition) is 8. The van der Waals surface area contributed by atoms with Gasteiger partial charge in [0.1, 0.15) is 11.6 Å². The standard InChI is InChI=1S/C26H25N5O2S/c1-32-19-11-10-16-21-17(13-33-26-22(21)23(30-31-26)15-7-3-2-4-8-15)25(27)29-24(16)18(19)14-34-20-9-5-6-12-28-20/h2-13,21-23,26,30-31H,14H2,1H3,(H2,27,29). The molecule has 0 spiro atoms. The monoisotopic (exact) mass is 471 g/mol. The van der Waals surface area contributed by atoms with Crippen LogP contribution in [0.15, 0.2) is 88.7 Å². The van der Waals surface area contributed by atoms with Gasteiger partial charge in [0.15, 0.2) is 6.23 Å². The molecule has 4 N–H and O–H groups in total. The zero-order valence-corrected chi connectivity index (χ0v) is 19.5. The second-order valence-electron chi connectivity index (χ2n) is 8.50. The Morgan fingerprint density at radius 2 is 1.91 bits per heavy atom. The van der Waals surface area contributed by atoms with Crippen LogP contribution >= 0.6 is 11.8 Å². The number of hydrazine groups is 1. The maximum absolute atomic E-state index is 6.54. The highest BCUT2D eigenvalue weighted by atomic mass is 32.2. The van der Waals surface area contributed by atoms with E-state index in [1.54, 1.807) is 31.3 Å². The lowest BCUT2D eigenvalue weighted by atomic mass is 9.72. The predicted octanol–water partition coefficient (Wildman–Crippen LogP) is 4.17. The molecule has 0 aliphatic carbocycles. The number of fused-ring (bicyclic) bond motifs is 5. The van der Waals surface area contributed by atoms with E-state index in [-0.39, 0.29) is 24.1 Å². The summed E-state index contributed by atoms with van der Waals surface area (Å²) < 4.78 is 11.8. The lowest BCUT2D eigenvalue weighted by Gasteiger charge is -2.39. The normalized spacial score (nSPS) is 24.7. The predicted molar refractivity (Wildman–Crippen MR) is 133 cm³/mol. The van der Waals surface area contributed by atoms with E-state index in [1.807, 2.05) is 30.3 Å².